The van der Waals surface area contributed by atoms with Gasteiger partial charge in [-0.05, 0) is 133 Å². The summed E-state index contributed by atoms with van der Waals surface area (Å²) in [6, 6.07) is 48.2. The monoisotopic (exact) mass is 1430 g/mol. The predicted octanol–water partition coefficient (Wildman–Crippen LogP) is 22.1. The van der Waals surface area contributed by atoms with Crippen LogP contribution >= 0.6 is 0 Å². The van der Waals surface area contributed by atoms with E-state index in [-0.39, 0.29) is 11.4 Å². The van der Waals surface area contributed by atoms with Crippen LogP contribution in [0.2, 0.25) is 0 Å². The second-order valence-corrected chi connectivity index (χ2v) is 25.1. The first kappa shape index (κ1) is 67.8. The fourth-order valence-electron chi connectivity index (χ4n) is 12.8. The number of fused-ring (bicyclic) bond motifs is 5. The van der Waals surface area contributed by atoms with Crippen molar-refractivity contribution in [2.75, 3.05) is 25.6 Å². The molecular weight excluding hydrogens is 1370 g/mol. The molecule has 4 aromatic carbocycles. The summed E-state index contributed by atoms with van der Waals surface area (Å²) in [7, 11) is 4.08. The van der Waals surface area contributed by atoms with Crippen LogP contribution in [0.1, 0.15) is 6.92 Å². The summed E-state index contributed by atoms with van der Waals surface area (Å²) in [5.41, 5.74) is 22.8. The highest BCUT2D eigenvalue weighted by molar-refractivity contribution is 6.00. The van der Waals surface area contributed by atoms with Crippen molar-refractivity contribution in [3.8, 4) is 117 Å². The first-order valence-corrected chi connectivity index (χ1v) is 34.2. The van der Waals surface area contributed by atoms with E-state index in [0.29, 0.717) is 23.4 Å². The van der Waals surface area contributed by atoms with Crippen LogP contribution in [0.15, 0.2) is 311 Å². The Morgan fingerprint density at radius 3 is 1.26 bits per heavy atom. The summed E-state index contributed by atoms with van der Waals surface area (Å²) in [5.74, 6) is 0.464. The van der Waals surface area contributed by atoms with Crippen molar-refractivity contribution in [3.63, 3.8) is 0 Å². The van der Waals surface area contributed by atoms with Crippen molar-refractivity contribution in [2.45, 2.75) is 6.92 Å². The normalized spacial score (nSPS) is 11.1. The molecule has 0 amide bonds. The molecule has 6 N–H and O–H groups in total. The molecule has 16 aromatic heterocycles. The zero-order valence-electron chi connectivity index (χ0n) is 58.1. The van der Waals surface area contributed by atoms with Crippen molar-refractivity contribution in [2.24, 2.45) is 0 Å². The van der Waals surface area contributed by atoms with Crippen molar-refractivity contribution in [1.29, 1.82) is 0 Å². The summed E-state index contributed by atoms with van der Waals surface area (Å²) in [6.07, 6.45) is 37.0. The summed E-state index contributed by atoms with van der Waals surface area (Å²) < 4.78 is 72.8. The standard InChI is InChI=1S/C19H16N2O2.C18H17N5.C17H10F2N2O.C17H11FN2O.C15H10N2O2/c1-2-23-16-5-3-4-13(8-16)15-9-17-18(14-6-7-22-12-14)11-21-19(17)20-10-15;1-23(2)15-5-3-12(4-6-15)13-7-16-17(14-9-21-22-10-14)11-20-18(16)19-8-13;18-12-1-2-16(19)13(6-12)11-5-14-15(10-3-4-22-9-10)8-21-17(14)20-7-11;18-16-4-2-1-3-13(16)12-7-14-15(11-5-6-21-10-11)9-20-17(14)19-8-12;1-2-14(19-4-1)11-6-12-13(10-3-5-18-9-10)8-17-15(12)16-7-11/h3-12H,2H2,1H3,(H,20,21);3-11H,1-2H3,(H,19,20)(H,21,22);1-9H,(H,20,21);1-10H,(H,19,20);1-9H,(H,16,17). The van der Waals surface area contributed by atoms with E-state index in [1.165, 1.54) is 24.0 Å². The van der Waals surface area contributed by atoms with Gasteiger partial charge >= 0.3 is 0 Å². The molecule has 0 bridgehead atoms. The molecule has 0 spiro atoms. The smallest absolute Gasteiger partial charge is 0.137 e. The second kappa shape index (κ2) is 30.3. The number of ether oxygens (including phenoxy) is 1. The van der Waals surface area contributed by atoms with Gasteiger partial charge in [-0.1, -0.05) is 42.5 Å². The number of rotatable bonds is 13. The largest absolute Gasteiger partial charge is 0.494 e. The molecule has 22 heteroatoms. The molecule has 0 radical (unpaired) electrons. The number of pyridine rings is 5. The number of H-pyrrole nitrogens is 6. The molecule has 0 fully saturated rings. The molecule has 530 valence electrons. The third-order valence-corrected chi connectivity index (χ3v) is 18.2. The Morgan fingerprint density at radius 1 is 0.352 bits per heavy atom. The molecule has 0 aliphatic carbocycles. The van der Waals surface area contributed by atoms with Crippen LogP contribution in [0, 0.1) is 17.5 Å². The minimum Gasteiger partial charge on any atom is -0.494 e. The highest BCUT2D eigenvalue weighted by Gasteiger charge is 2.18. The predicted molar refractivity (Wildman–Crippen MR) is 414 cm³/mol. The van der Waals surface area contributed by atoms with Crippen LogP contribution < -0.4 is 9.64 Å². The van der Waals surface area contributed by atoms with Gasteiger partial charge in [-0.2, -0.15) is 5.10 Å². The lowest BCUT2D eigenvalue weighted by Gasteiger charge is -2.12. The van der Waals surface area contributed by atoms with Gasteiger partial charge in [-0.25, -0.2) is 38.1 Å². The maximum Gasteiger partial charge on any atom is 0.137 e. The number of aromatic amines is 6. The molecule has 20 aromatic rings. The lowest BCUT2D eigenvalue weighted by Crippen LogP contribution is -2.07. The third kappa shape index (κ3) is 14.3. The molecule has 0 aliphatic rings. The van der Waals surface area contributed by atoms with Gasteiger partial charge in [-0.3, -0.25) is 5.10 Å². The fourth-order valence-corrected chi connectivity index (χ4v) is 12.8. The topological polar surface area (TPSA) is 250 Å². The SMILES string of the molecule is CCOc1cccc(-c2cnc3[nH]cc(-c4ccoc4)c3c2)c1.CN(C)c1ccc(-c2cnc3[nH]cc(-c4cn[nH]c4)c3c2)cc1.Fc1ccc(F)c(-c2cnc3[nH]cc(-c4ccoc4)c3c2)c1.Fc1ccccc1-c1cnc2[nH]cc(-c3ccoc3)c2c1.c1coc(-c2cnc3[nH]cc(-c4ccoc4)c3c2)c1. The van der Waals surface area contributed by atoms with Crippen molar-refractivity contribution in [3.05, 3.63) is 306 Å². The average molecular weight is 1430 g/mol. The zero-order chi connectivity index (χ0) is 73.5. The van der Waals surface area contributed by atoms with E-state index < -0.39 is 11.6 Å². The van der Waals surface area contributed by atoms with E-state index >= 15 is 0 Å². The lowest BCUT2D eigenvalue weighted by molar-refractivity contribution is 0.340. The summed E-state index contributed by atoms with van der Waals surface area (Å²) >= 11 is 0. The maximum absolute atomic E-state index is 13.9. The van der Waals surface area contributed by atoms with Gasteiger partial charge in [0, 0.05) is 209 Å². The molecule has 0 atom stereocenters. The number of nitrogens with one attached hydrogen (secondary N) is 6. The lowest BCUT2D eigenvalue weighted by atomic mass is 10.0. The fraction of sp³-hybridized carbons (Fsp3) is 0.0465. The number of benzene rings is 4. The molecule has 0 saturated heterocycles. The third-order valence-electron chi connectivity index (χ3n) is 18.2. The van der Waals surface area contributed by atoms with Crippen molar-refractivity contribution < 1.29 is 40.0 Å². The Labute approximate surface area is 613 Å². The minimum atomic E-state index is -0.486. The molecule has 19 nitrogen and oxygen atoms in total. The molecule has 108 heavy (non-hydrogen) atoms. The van der Waals surface area contributed by atoms with Crippen LogP contribution in [0.3, 0.4) is 0 Å². The average Bonchev–Trinajstić information content (AvgIpc) is 1.69. The van der Waals surface area contributed by atoms with E-state index in [0.717, 1.165) is 162 Å². The van der Waals surface area contributed by atoms with Gasteiger partial charge in [-0.15, -0.1) is 0 Å². The number of aromatic nitrogens is 12. The molecule has 0 saturated carbocycles. The van der Waals surface area contributed by atoms with E-state index in [1.807, 2.05) is 144 Å². The van der Waals surface area contributed by atoms with Gasteiger partial charge in [0.15, 0.2) is 0 Å². The molecule has 20 rings (SSSR count). The Bertz CT molecular complexity index is 6350. The van der Waals surface area contributed by atoms with Crippen molar-refractivity contribution >= 4 is 60.9 Å². The maximum atomic E-state index is 13.9. The highest BCUT2D eigenvalue weighted by atomic mass is 19.1. The number of halogens is 3. The van der Waals surface area contributed by atoms with Gasteiger partial charge < -0.3 is 56.6 Å². The van der Waals surface area contributed by atoms with E-state index in [4.69, 9.17) is 26.8 Å². The quantitative estimate of drug-likeness (QED) is 0.0629. The molecular formula is C86H64F3N13O6. The van der Waals surface area contributed by atoms with E-state index in [9.17, 15) is 13.2 Å². The summed E-state index contributed by atoms with van der Waals surface area (Å²) in [6.45, 7) is 2.64. The number of furan rings is 5. The molecule has 0 aliphatic heterocycles. The van der Waals surface area contributed by atoms with Gasteiger partial charge in [0.25, 0.3) is 0 Å². The summed E-state index contributed by atoms with van der Waals surface area (Å²) in [4.78, 5) is 40.0. The van der Waals surface area contributed by atoms with Crippen molar-refractivity contribution in [1.82, 2.24) is 60.0 Å². The van der Waals surface area contributed by atoms with Gasteiger partial charge in [0.05, 0.1) is 69.2 Å². The van der Waals surface area contributed by atoms with Crippen LogP contribution in [0.25, 0.3) is 167 Å². The van der Waals surface area contributed by atoms with Crippen LogP contribution in [0.5, 0.6) is 5.75 Å². The molecule has 0 unspecified atom stereocenters. The minimum absolute atomic E-state index is 0.189. The van der Waals surface area contributed by atoms with E-state index in [2.05, 4.69) is 113 Å². The van der Waals surface area contributed by atoms with Crippen LogP contribution in [0.4, 0.5) is 18.9 Å². The Balaban J connectivity index is 0.000000103. The first-order valence-electron chi connectivity index (χ1n) is 34.2. The Morgan fingerprint density at radius 2 is 0.806 bits per heavy atom. The number of anilines is 1. The number of nitrogens with zero attached hydrogens (tertiary/aromatic N) is 7. The Hall–Kier alpha value is -14.7. The number of hydrogen-bond acceptors (Lipinski definition) is 13. The number of hydrogen-bond donors (Lipinski definition) is 6. The summed E-state index contributed by atoms with van der Waals surface area (Å²) in [5, 5.41) is 11.9. The first-order chi connectivity index (χ1) is 53.0. The van der Waals surface area contributed by atoms with Crippen LogP contribution in [-0.4, -0.2) is 80.7 Å². The Kier molecular flexibility index (Phi) is 19.0. The van der Waals surface area contributed by atoms with Crippen LogP contribution in [-0.2, 0) is 0 Å². The second-order valence-electron chi connectivity index (χ2n) is 25.1. The zero-order valence-corrected chi connectivity index (χ0v) is 58.1. The van der Waals surface area contributed by atoms with Gasteiger partial charge in [0.2, 0.25) is 0 Å². The van der Waals surface area contributed by atoms with Gasteiger partial charge in [0.1, 0.15) is 57.2 Å². The highest BCUT2D eigenvalue weighted by Crippen LogP contribution is 2.38. The molecule has 16 heterocycles. The van der Waals surface area contributed by atoms with E-state index in [1.54, 1.807) is 87.0 Å².